The summed E-state index contributed by atoms with van der Waals surface area (Å²) < 4.78 is 6.66. The minimum absolute atomic E-state index is 0.267. The normalized spacial score (nSPS) is 25.5. The molecule has 2 unspecified atom stereocenters. The summed E-state index contributed by atoms with van der Waals surface area (Å²) in [4.78, 5) is 0. The quantitative estimate of drug-likeness (QED) is 0.650. The maximum Gasteiger partial charge on any atom is 0.0748 e. The number of benzene rings is 1. The molecule has 0 aliphatic carbocycles. The second kappa shape index (κ2) is 4.57. The van der Waals surface area contributed by atoms with E-state index in [9.17, 15) is 0 Å². The van der Waals surface area contributed by atoms with Crippen LogP contribution in [0.3, 0.4) is 0 Å². The summed E-state index contributed by atoms with van der Waals surface area (Å²) in [7, 11) is 0. The number of nitrogens with one attached hydrogen (secondary N) is 1. The molecular formula is C11H15IN2O. The number of nitrogens with two attached hydrogens (primary N) is 1. The van der Waals surface area contributed by atoms with Crippen molar-refractivity contribution in [3.63, 3.8) is 0 Å². The number of nitrogen functional groups attached to an aromatic ring is 1. The first-order valence-corrected chi connectivity index (χ1v) is 6.18. The molecule has 2 atom stereocenters. The van der Waals surface area contributed by atoms with Gasteiger partial charge in [0, 0.05) is 10.2 Å². The van der Waals surface area contributed by atoms with Gasteiger partial charge in [-0.3, -0.25) is 0 Å². The molecule has 0 saturated carbocycles. The molecule has 4 heteroatoms. The number of hydrogen-bond donors (Lipinski definition) is 2. The molecule has 0 spiro atoms. The Bertz CT molecular complexity index is 356. The van der Waals surface area contributed by atoms with Crippen molar-refractivity contribution >= 4 is 34.0 Å². The van der Waals surface area contributed by atoms with Crippen molar-refractivity contribution < 1.29 is 4.74 Å². The van der Waals surface area contributed by atoms with Gasteiger partial charge in [-0.25, -0.2) is 0 Å². The Labute approximate surface area is 104 Å². The third kappa shape index (κ3) is 2.55. The van der Waals surface area contributed by atoms with Crippen LogP contribution in [0.1, 0.15) is 13.3 Å². The maximum absolute atomic E-state index is 5.94. The van der Waals surface area contributed by atoms with Crippen LogP contribution < -0.4 is 11.1 Å². The van der Waals surface area contributed by atoms with Crippen LogP contribution in [0.2, 0.25) is 0 Å². The van der Waals surface area contributed by atoms with E-state index >= 15 is 0 Å². The summed E-state index contributed by atoms with van der Waals surface area (Å²) in [6.45, 7) is 2.93. The van der Waals surface area contributed by atoms with Crippen molar-refractivity contribution in [1.29, 1.82) is 0 Å². The van der Waals surface area contributed by atoms with E-state index < -0.39 is 0 Å². The van der Waals surface area contributed by atoms with E-state index in [2.05, 4.69) is 40.9 Å². The molecule has 0 bridgehead atoms. The Morgan fingerprint density at radius 1 is 1.53 bits per heavy atom. The maximum atomic E-state index is 5.94. The van der Waals surface area contributed by atoms with E-state index in [1.807, 2.05) is 12.1 Å². The molecule has 3 nitrogen and oxygen atoms in total. The Morgan fingerprint density at radius 2 is 2.33 bits per heavy atom. The van der Waals surface area contributed by atoms with Crippen LogP contribution in [-0.2, 0) is 4.74 Å². The van der Waals surface area contributed by atoms with Gasteiger partial charge in [-0.05, 0) is 54.1 Å². The zero-order valence-corrected chi connectivity index (χ0v) is 10.8. The highest BCUT2D eigenvalue weighted by molar-refractivity contribution is 14.1. The van der Waals surface area contributed by atoms with Gasteiger partial charge in [0.25, 0.3) is 0 Å². The molecule has 1 aliphatic heterocycles. The van der Waals surface area contributed by atoms with Crippen molar-refractivity contribution in [3.05, 3.63) is 21.8 Å². The molecule has 1 aromatic carbocycles. The SMILES string of the molecule is CC1OCCC1Nc1ccc(I)cc1N. The standard InChI is InChI=1S/C11H15IN2O/c1-7-10(4-5-15-7)14-11-3-2-8(12)6-9(11)13/h2-3,6-7,10,14H,4-5,13H2,1H3. The number of halogens is 1. The fourth-order valence-corrected chi connectivity index (χ4v) is 2.30. The number of anilines is 2. The van der Waals surface area contributed by atoms with Gasteiger partial charge in [-0.2, -0.15) is 0 Å². The van der Waals surface area contributed by atoms with Gasteiger partial charge in [0.1, 0.15) is 0 Å². The molecule has 82 valence electrons. The molecule has 3 N–H and O–H groups in total. The van der Waals surface area contributed by atoms with Crippen LogP contribution in [0.15, 0.2) is 18.2 Å². The van der Waals surface area contributed by atoms with Crippen LogP contribution in [-0.4, -0.2) is 18.8 Å². The van der Waals surface area contributed by atoms with Crippen molar-refractivity contribution in [2.24, 2.45) is 0 Å². The van der Waals surface area contributed by atoms with E-state index in [-0.39, 0.29) is 6.10 Å². The zero-order chi connectivity index (χ0) is 10.8. The van der Waals surface area contributed by atoms with Gasteiger partial charge >= 0.3 is 0 Å². The van der Waals surface area contributed by atoms with Gasteiger partial charge in [0.05, 0.1) is 23.5 Å². The second-order valence-corrected chi connectivity index (χ2v) is 5.09. The third-order valence-electron chi connectivity index (χ3n) is 2.73. The van der Waals surface area contributed by atoms with Crippen LogP contribution in [0.4, 0.5) is 11.4 Å². The monoisotopic (exact) mass is 318 g/mol. The summed E-state index contributed by atoms with van der Waals surface area (Å²) in [5.74, 6) is 0. The van der Waals surface area contributed by atoms with Gasteiger partial charge in [0.2, 0.25) is 0 Å². The zero-order valence-electron chi connectivity index (χ0n) is 8.66. The van der Waals surface area contributed by atoms with E-state index in [0.717, 1.165) is 28.0 Å². The van der Waals surface area contributed by atoms with E-state index in [4.69, 9.17) is 10.5 Å². The van der Waals surface area contributed by atoms with Crippen LogP contribution in [0, 0.1) is 3.57 Å². The lowest BCUT2D eigenvalue weighted by Crippen LogP contribution is -2.27. The Hall–Kier alpha value is -0.490. The summed E-state index contributed by atoms with van der Waals surface area (Å²) in [5, 5.41) is 3.43. The molecule has 1 aromatic rings. The molecule has 15 heavy (non-hydrogen) atoms. The summed E-state index contributed by atoms with van der Waals surface area (Å²) in [6, 6.07) is 6.44. The number of hydrogen-bond acceptors (Lipinski definition) is 3. The van der Waals surface area contributed by atoms with Crippen LogP contribution in [0.25, 0.3) is 0 Å². The average molecular weight is 318 g/mol. The van der Waals surface area contributed by atoms with E-state index in [0.29, 0.717) is 6.04 Å². The molecule has 1 saturated heterocycles. The van der Waals surface area contributed by atoms with Crippen molar-refractivity contribution in [1.82, 2.24) is 0 Å². The van der Waals surface area contributed by atoms with Crippen LogP contribution >= 0.6 is 22.6 Å². The predicted molar refractivity (Wildman–Crippen MR) is 71.0 cm³/mol. The lowest BCUT2D eigenvalue weighted by atomic mass is 10.1. The molecule has 1 heterocycles. The van der Waals surface area contributed by atoms with Crippen LogP contribution in [0.5, 0.6) is 0 Å². The lowest BCUT2D eigenvalue weighted by Gasteiger charge is -2.18. The van der Waals surface area contributed by atoms with Crippen molar-refractivity contribution in [2.45, 2.75) is 25.5 Å². The molecule has 1 fully saturated rings. The molecule has 1 aliphatic rings. The average Bonchev–Trinajstić information content (AvgIpc) is 2.57. The fraction of sp³-hybridized carbons (Fsp3) is 0.455. The van der Waals surface area contributed by atoms with E-state index in [1.165, 1.54) is 0 Å². The second-order valence-electron chi connectivity index (χ2n) is 3.85. The first-order chi connectivity index (χ1) is 7.16. The van der Waals surface area contributed by atoms with Gasteiger partial charge < -0.3 is 15.8 Å². The van der Waals surface area contributed by atoms with Gasteiger partial charge in [-0.1, -0.05) is 0 Å². The fourth-order valence-electron chi connectivity index (χ4n) is 1.79. The first kappa shape index (κ1) is 11.0. The van der Waals surface area contributed by atoms with E-state index in [1.54, 1.807) is 0 Å². The summed E-state index contributed by atoms with van der Waals surface area (Å²) in [5.41, 5.74) is 7.76. The van der Waals surface area contributed by atoms with Crippen molar-refractivity contribution in [3.8, 4) is 0 Å². The molecule has 0 amide bonds. The Balaban J connectivity index is 2.10. The molecule has 2 rings (SSSR count). The minimum atomic E-state index is 0.267. The summed E-state index contributed by atoms with van der Waals surface area (Å²) in [6.07, 6.45) is 1.32. The largest absolute Gasteiger partial charge is 0.397 e. The number of ether oxygens (including phenoxy) is 1. The first-order valence-electron chi connectivity index (χ1n) is 5.10. The molecule has 0 radical (unpaired) electrons. The lowest BCUT2D eigenvalue weighted by molar-refractivity contribution is 0.121. The summed E-state index contributed by atoms with van der Waals surface area (Å²) >= 11 is 2.26. The number of rotatable bonds is 2. The molecule has 0 aromatic heterocycles. The van der Waals surface area contributed by atoms with Gasteiger partial charge in [-0.15, -0.1) is 0 Å². The highest BCUT2D eigenvalue weighted by Crippen LogP contribution is 2.25. The third-order valence-corrected chi connectivity index (χ3v) is 3.40. The van der Waals surface area contributed by atoms with Gasteiger partial charge in [0.15, 0.2) is 0 Å². The smallest absolute Gasteiger partial charge is 0.0748 e. The minimum Gasteiger partial charge on any atom is -0.397 e. The topological polar surface area (TPSA) is 47.3 Å². The predicted octanol–water partition coefficient (Wildman–Crippen LogP) is 2.46. The Morgan fingerprint density at radius 3 is 2.93 bits per heavy atom. The Kier molecular flexibility index (Phi) is 3.35. The highest BCUT2D eigenvalue weighted by Gasteiger charge is 2.24. The highest BCUT2D eigenvalue weighted by atomic mass is 127. The molecular weight excluding hydrogens is 303 g/mol. The van der Waals surface area contributed by atoms with Crippen molar-refractivity contribution in [2.75, 3.05) is 17.7 Å².